The first-order valence-electron chi connectivity index (χ1n) is 13.6. The second-order valence-electron chi connectivity index (χ2n) is 11.2. The second kappa shape index (κ2) is 10.6. The average Bonchev–Trinajstić information content (AvgIpc) is 3.41. The summed E-state index contributed by atoms with van der Waals surface area (Å²) in [6.45, 7) is 6.54. The van der Waals surface area contributed by atoms with Crippen LogP contribution in [0.5, 0.6) is 0 Å². The summed E-state index contributed by atoms with van der Waals surface area (Å²) in [7, 11) is 0. The predicted molar refractivity (Wildman–Crippen MR) is 135 cm³/mol. The first-order valence-corrected chi connectivity index (χ1v) is 13.6. The molecular weight excluding hydrogens is 422 g/mol. The molecule has 3 fully saturated rings. The number of nitrogens with zero attached hydrogens (tertiary/aromatic N) is 3. The van der Waals surface area contributed by atoms with Crippen LogP contribution in [0, 0.1) is 23.7 Å². The minimum absolute atomic E-state index is 0.0954. The standard InChI is InChI=1S/C29H41N3O2/c1-2-32-26(17-21-6-4-3-5-7-21)19-28(30-32)24-12-14-31(15-13-24)20-23-10-11-25(16-23)27(29(33)34)18-22-8-9-22/h3-7,19,22-25,27H,2,8-18,20H2,1H3,(H,33,34). The van der Waals surface area contributed by atoms with E-state index in [1.807, 2.05) is 0 Å². The summed E-state index contributed by atoms with van der Waals surface area (Å²) in [5.74, 6) is 1.70. The lowest BCUT2D eigenvalue weighted by Crippen LogP contribution is -2.36. The van der Waals surface area contributed by atoms with Crippen molar-refractivity contribution in [3.05, 3.63) is 53.3 Å². The van der Waals surface area contributed by atoms with Crippen molar-refractivity contribution in [2.75, 3.05) is 19.6 Å². The fourth-order valence-electron chi connectivity index (χ4n) is 6.53. The normalized spacial score (nSPS) is 25.0. The quantitative estimate of drug-likeness (QED) is 0.499. The van der Waals surface area contributed by atoms with Gasteiger partial charge in [-0.2, -0.15) is 5.10 Å². The van der Waals surface area contributed by atoms with Gasteiger partial charge < -0.3 is 10.0 Å². The number of benzene rings is 1. The lowest BCUT2D eigenvalue weighted by molar-refractivity contribution is -0.144. The zero-order valence-corrected chi connectivity index (χ0v) is 20.7. The van der Waals surface area contributed by atoms with Gasteiger partial charge in [-0.25, -0.2) is 0 Å². The van der Waals surface area contributed by atoms with Crippen molar-refractivity contribution in [1.29, 1.82) is 0 Å². The van der Waals surface area contributed by atoms with E-state index in [1.54, 1.807) is 0 Å². The Bertz CT molecular complexity index is 944. The van der Waals surface area contributed by atoms with Crippen LogP contribution in [-0.4, -0.2) is 45.4 Å². The van der Waals surface area contributed by atoms with E-state index in [9.17, 15) is 9.90 Å². The van der Waals surface area contributed by atoms with Gasteiger partial charge in [0.05, 0.1) is 11.6 Å². The molecular formula is C29H41N3O2. The van der Waals surface area contributed by atoms with Gasteiger partial charge in [-0.15, -0.1) is 0 Å². The summed E-state index contributed by atoms with van der Waals surface area (Å²) in [5, 5.41) is 14.8. The van der Waals surface area contributed by atoms with Gasteiger partial charge in [-0.05, 0) is 87.9 Å². The minimum atomic E-state index is -0.545. The fourth-order valence-corrected chi connectivity index (χ4v) is 6.53. The molecule has 1 N–H and O–H groups in total. The van der Waals surface area contributed by atoms with E-state index < -0.39 is 5.97 Å². The van der Waals surface area contributed by atoms with Gasteiger partial charge in [0.25, 0.3) is 0 Å². The molecule has 2 aromatic rings. The van der Waals surface area contributed by atoms with Gasteiger partial charge in [0.15, 0.2) is 0 Å². The number of aryl methyl sites for hydroxylation is 1. The highest BCUT2D eigenvalue weighted by atomic mass is 16.4. The van der Waals surface area contributed by atoms with Crippen molar-refractivity contribution in [3.8, 4) is 0 Å². The summed E-state index contributed by atoms with van der Waals surface area (Å²) >= 11 is 0. The lowest BCUT2D eigenvalue weighted by Gasteiger charge is -2.33. The number of carboxylic acid groups (broad SMARTS) is 1. The average molecular weight is 464 g/mol. The molecule has 5 nitrogen and oxygen atoms in total. The number of hydrogen-bond acceptors (Lipinski definition) is 3. The number of aliphatic carboxylic acids is 1. The SMILES string of the molecule is CCn1nc(C2CCN(CC3CCC(C(CC4CC4)C(=O)O)C3)CC2)cc1Cc1ccccc1. The Labute approximate surface area is 204 Å². The van der Waals surface area contributed by atoms with Crippen LogP contribution in [0.3, 0.4) is 0 Å². The van der Waals surface area contributed by atoms with Crippen molar-refractivity contribution in [1.82, 2.24) is 14.7 Å². The van der Waals surface area contributed by atoms with E-state index in [4.69, 9.17) is 5.10 Å². The molecule has 3 aliphatic rings. The maximum Gasteiger partial charge on any atom is 0.306 e. The zero-order chi connectivity index (χ0) is 23.5. The van der Waals surface area contributed by atoms with Crippen LogP contribution in [0.15, 0.2) is 36.4 Å². The molecule has 2 aliphatic carbocycles. The summed E-state index contributed by atoms with van der Waals surface area (Å²) in [6, 6.07) is 13.0. The van der Waals surface area contributed by atoms with Gasteiger partial charge >= 0.3 is 5.97 Å². The maximum atomic E-state index is 11.8. The molecule has 5 heteroatoms. The van der Waals surface area contributed by atoms with E-state index in [1.165, 1.54) is 49.1 Å². The van der Waals surface area contributed by atoms with Crippen molar-refractivity contribution >= 4 is 5.97 Å². The third-order valence-electron chi connectivity index (χ3n) is 8.68. The van der Waals surface area contributed by atoms with Crippen LogP contribution in [0.25, 0.3) is 0 Å². The molecule has 184 valence electrons. The molecule has 0 radical (unpaired) electrons. The molecule has 1 aliphatic heterocycles. The van der Waals surface area contributed by atoms with Crippen LogP contribution < -0.4 is 0 Å². The molecule has 5 rings (SSSR count). The lowest BCUT2D eigenvalue weighted by atomic mass is 9.85. The van der Waals surface area contributed by atoms with Gasteiger partial charge in [0.2, 0.25) is 0 Å². The largest absolute Gasteiger partial charge is 0.481 e. The van der Waals surface area contributed by atoms with Crippen LogP contribution in [0.1, 0.15) is 81.2 Å². The summed E-state index contributed by atoms with van der Waals surface area (Å²) in [6.07, 6.45) is 10.2. The third kappa shape index (κ3) is 5.73. The van der Waals surface area contributed by atoms with Gasteiger partial charge in [-0.3, -0.25) is 9.48 Å². The highest BCUT2D eigenvalue weighted by molar-refractivity contribution is 5.70. The molecule has 1 saturated heterocycles. The van der Waals surface area contributed by atoms with E-state index >= 15 is 0 Å². The van der Waals surface area contributed by atoms with Crippen LogP contribution in [-0.2, 0) is 17.8 Å². The molecule has 3 atom stereocenters. The highest BCUT2D eigenvalue weighted by Gasteiger charge is 2.39. The first kappa shape index (κ1) is 23.6. The Kier molecular flexibility index (Phi) is 7.38. The zero-order valence-electron chi connectivity index (χ0n) is 20.7. The highest BCUT2D eigenvalue weighted by Crippen LogP contribution is 2.43. The second-order valence-corrected chi connectivity index (χ2v) is 11.2. The molecule has 34 heavy (non-hydrogen) atoms. The number of piperidine rings is 1. The Morgan fingerprint density at radius 2 is 1.79 bits per heavy atom. The maximum absolute atomic E-state index is 11.8. The monoisotopic (exact) mass is 463 g/mol. The van der Waals surface area contributed by atoms with E-state index in [2.05, 4.69) is 52.9 Å². The van der Waals surface area contributed by atoms with E-state index in [0.29, 0.717) is 23.7 Å². The summed E-state index contributed by atoms with van der Waals surface area (Å²) in [4.78, 5) is 14.5. The molecule has 1 aromatic carbocycles. The number of likely N-dealkylation sites (tertiary alicyclic amines) is 1. The van der Waals surface area contributed by atoms with Crippen molar-refractivity contribution in [3.63, 3.8) is 0 Å². The molecule has 2 heterocycles. The Morgan fingerprint density at radius 3 is 2.47 bits per heavy atom. The first-order chi connectivity index (χ1) is 16.6. The molecule has 0 amide bonds. The van der Waals surface area contributed by atoms with Crippen LogP contribution >= 0.6 is 0 Å². The fraction of sp³-hybridized carbons (Fsp3) is 0.655. The third-order valence-corrected chi connectivity index (χ3v) is 8.68. The molecule has 1 aromatic heterocycles. The number of hydrogen-bond donors (Lipinski definition) is 1. The summed E-state index contributed by atoms with van der Waals surface area (Å²) < 4.78 is 2.19. The van der Waals surface area contributed by atoms with Crippen molar-refractivity contribution in [2.45, 2.75) is 77.2 Å². The number of carbonyl (C=O) groups is 1. The Balaban J connectivity index is 1.12. The minimum Gasteiger partial charge on any atom is -0.481 e. The van der Waals surface area contributed by atoms with Gasteiger partial charge in [0, 0.05) is 31.1 Å². The predicted octanol–water partition coefficient (Wildman–Crippen LogP) is 5.59. The van der Waals surface area contributed by atoms with Gasteiger partial charge in [-0.1, -0.05) is 43.2 Å². The Morgan fingerprint density at radius 1 is 1.06 bits per heavy atom. The molecule has 0 spiro atoms. The van der Waals surface area contributed by atoms with Crippen molar-refractivity contribution < 1.29 is 9.90 Å². The van der Waals surface area contributed by atoms with Gasteiger partial charge in [0.1, 0.15) is 0 Å². The molecule has 0 bridgehead atoms. The van der Waals surface area contributed by atoms with Crippen LogP contribution in [0.2, 0.25) is 0 Å². The smallest absolute Gasteiger partial charge is 0.306 e. The Hall–Kier alpha value is -2.14. The van der Waals surface area contributed by atoms with Crippen LogP contribution in [0.4, 0.5) is 0 Å². The summed E-state index contributed by atoms with van der Waals surface area (Å²) in [5.41, 5.74) is 3.94. The van der Waals surface area contributed by atoms with E-state index in [-0.39, 0.29) is 5.92 Å². The number of rotatable bonds is 10. The number of aromatic nitrogens is 2. The molecule has 2 saturated carbocycles. The molecule has 3 unspecified atom stereocenters. The van der Waals surface area contributed by atoms with Crippen molar-refractivity contribution in [2.24, 2.45) is 23.7 Å². The van der Waals surface area contributed by atoms with E-state index in [0.717, 1.165) is 51.9 Å². The number of carboxylic acids is 1. The topological polar surface area (TPSA) is 58.4 Å².